The molecule has 1 unspecified atom stereocenters. The third-order valence-electron chi connectivity index (χ3n) is 5.99. The summed E-state index contributed by atoms with van der Waals surface area (Å²) in [5.74, 6) is -1.33. The molecule has 9 heteroatoms. The first-order valence-corrected chi connectivity index (χ1v) is 11.3. The Kier molecular flexibility index (Phi) is 6.19. The van der Waals surface area contributed by atoms with E-state index >= 15 is 0 Å². The van der Waals surface area contributed by atoms with Gasteiger partial charge in [0.15, 0.2) is 9.84 Å². The lowest BCUT2D eigenvalue weighted by Crippen LogP contribution is -2.48. The number of hydrogen-bond acceptors (Lipinski definition) is 3. The number of sulfone groups is 1. The molecule has 0 saturated carbocycles. The number of alkyl halides is 3. The molecule has 168 valence electrons. The minimum atomic E-state index is -4.66. The summed E-state index contributed by atoms with van der Waals surface area (Å²) in [4.78, 5) is 13.7. The number of halogens is 4. The number of piperidine rings is 1. The summed E-state index contributed by atoms with van der Waals surface area (Å²) >= 11 is 0. The molecular weight excluding hydrogens is 434 g/mol. The topological polar surface area (TPSA) is 54.5 Å². The lowest BCUT2D eigenvalue weighted by molar-refractivity contribution is -0.138. The van der Waals surface area contributed by atoms with Crippen LogP contribution in [0.4, 0.5) is 17.6 Å². The molecule has 1 aliphatic rings. The van der Waals surface area contributed by atoms with Crippen LogP contribution in [-0.4, -0.2) is 30.5 Å². The Morgan fingerprint density at radius 1 is 1.06 bits per heavy atom. The number of nitrogens with zero attached hydrogens (tertiary/aromatic N) is 1. The number of rotatable bonds is 5. The molecule has 4 nitrogen and oxygen atoms in total. The van der Waals surface area contributed by atoms with Crippen molar-refractivity contribution in [2.75, 3.05) is 6.54 Å². The quantitative estimate of drug-likeness (QED) is 0.604. The van der Waals surface area contributed by atoms with Gasteiger partial charge in [-0.3, -0.25) is 4.79 Å². The highest BCUT2D eigenvalue weighted by molar-refractivity contribution is 7.92. The van der Waals surface area contributed by atoms with Gasteiger partial charge in [0.25, 0.3) is 0 Å². The van der Waals surface area contributed by atoms with Gasteiger partial charge in [0.1, 0.15) is 5.82 Å². The second-order valence-corrected chi connectivity index (χ2v) is 10.8. The summed E-state index contributed by atoms with van der Waals surface area (Å²) in [5.41, 5.74) is -0.676. The highest BCUT2D eigenvalue weighted by Gasteiger charge is 2.46. The maximum absolute atomic E-state index is 13.9. The number of carbonyl (C=O) groups excluding carboxylic acids is 1. The summed E-state index contributed by atoms with van der Waals surface area (Å²) in [6.45, 7) is 3.19. The molecule has 0 bridgehead atoms. The van der Waals surface area contributed by atoms with Crippen LogP contribution in [0.25, 0.3) is 0 Å². The molecule has 2 aromatic rings. The fraction of sp³-hybridized carbons (Fsp3) is 0.409. The van der Waals surface area contributed by atoms with E-state index in [-0.39, 0.29) is 25.4 Å². The van der Waals surface area contributed by atoms with Gasteiger partial charge in [0.05, 0.1) is 15.2 Å². The second-order valence-electron chi connectivity index (χ2n) is 8.23. The first kappa shape index (κ1) is 23.2. The van der Waals surface area contributed by atoms with Crippen LogP contribution in [0.1, 0.15) is 37.8 Å². The number of likely N-dealkylation sites (tertiary alicyclic amines) is 1. The summed E-state index contributed by atoms with van der Waals surface area (Å²) < 4.78 is 78.0. The zero-order valence-corrected chi connectivity index (χ0v) is 17.9. The van der Waals surface area contributed by atoms with Crippen molar-refractivity contribution in [3.8, 4) is 0 Å². The van der Waals surface area contributed by atoms with E-state index in [4.69, 9.17) is 0 Å². The largest absolute Gasteiger partial charge is 0.416 e. The van der Waals surface area contributed by atoms with E-state index in [2.05, 4.69) is 0 Å². The Hall–Kier alpha value is -2.42. The average Bonchev–Trinajstić information content (AvgIpc) is 2.70. The first-order chi connectivity index (χ1) is 14.3. The molecule has 1 saturated heterocycles. The van der Waals surface area contributed by atoms with Crippen LogP contribution in [0, 0.1) is 11.7 Å². The summed E-state index contributed by atoms with van der Waals surface area (Å²) in [6, 6.07) is 9.75. The van der Waals surface area contributed by atoms with E-state index in [1.54, 1.807) is 18.2 Å². The molecule has 1 amide bonds. The van der Waals surface area contributed by atoms with Crippen LogP contribution in [-0.2, 0) is 27.4 Å². The van der Waals surface area contributed by atoms with Crippen molar-refractivity contribution in [2.45, 2.75) is 49.1 Å². The van der Waals surface area contributed by atoms with Crippen LogP contribution >= 0.6 is 0 Å². The van der Waals surface area contributed by atoms with Crippen molar-refractivity contribution >= 4 is 15.7 Å². The van der Waals surface area contributed by atoms with Crippen LogP contribution < -0.4 is 0 Å². The standard InChI is InChI=1S/C22H23F4NO3S/c1-21(2,31(29,30)18-8-5-7-17(12-18)22(24,25)26)16-10-11-27(20(28)13-16)14-15-6-3-4-9-19(15)23/h3-9,12,16H,10-11,13-14H2,1-2H3. The summed E-state index contributed by atoms with van der Waals surface area (Å²) in [6.07, 6.45) is -4.41. The fourth-order valence-corrected chi connectivity index (χ4v) is 5.62. The Labute approximate surface area is 178 Å². The van der Waals surface area contributed by atoms with Crippen molar-refractivity contribution in [3.05, 3.63) is 65.5 Å². The van der Waals surface area contributed by atoms with Crippen LogP contribution in [0.3, 0.4) is 0 Å². The van der Waals surface area contributed by atoms with Crippen molar-refractivity contribution in [3.63, 3.8) is 0 Å². The minimum absolute atomic E-state index is 0.0824. The molecule has 0 spiro atoms. The van der Waals surface area contributed by atoms with Gasteiger partial charge in [0.2, 0.25) is 5.91 Å². The lowest BCUT2D eigenvalue weighted by atomic mass is 9.85. The Morgan fingerprint density at radius 3 is 2.35 bits per heavy atom. The van der Waals surface area contributed by atoms with E-state index < -0.39 is 43.0 Å². The molecule has 1 aliphatic heterocycles. The van der Waals surface area contributed by atoms with Gasteiger partial charge in [-0.1, -0.05) is 24.3 Å². The van der Waals surface area contributed by atoms with Crippen molar-refractivity contribution in [1.29, 1.82) is 0 Å². The van der Waals surface area contributed by atoms with Gasteiger partial charge >= 0.3 is 6.18 Å². The average molecular weight is 457 g/mol. The van der Waals surface area contributed by atoms with E-state index in [0.717, 1.165) is 18.2 Å². The third kappa shape index (κ3) is 4.61. The molecule has 0 aromatic heterocycles. The van der Waals surface area contributed by atoms with E-state index in [1.807, 2.05) is 0 Å². The van der Waals surface area contributed by atoms with E-state index in [0.29, 0.717) is 18.1 Å². The van der Waals surface area contributed by atoms with Crippen LogP contribution in [0.2, 0.25) is 0 Å². The lowest BCUT2D eigenvalue weighted by Gasteiger charge is -2.39. The van der Waals surface area contributed by atoms with E-state index in [9.17, 15) is 30.8 Å². The van der Waals surface area contributed by atoms with E-state index in [1.165, 1.54) is 24.8 Å². The molecule has 3 rings (SSSR count). The Bertz CT molecular complexity index is 1080. The number of carbonyl (C=O) groups is 1. The molecule has 2 aromatic carbocycles. The highest BCUT2D eigenvalue weighted by Crippen LogP contribution is 2.40. The van der Waals surface area contributed by atoms with Crippen LogP contribution in [0.5, 0.6) is 0 Å². The zero-order chi connectivity index (χ0) is 23.0. The van der Waals surface area contributed by atoms with Gasteiger partial charge in [0, 0.05) is 25.1 Å². The molecule has 0 radical (unpaired) electrons. The molecule has 1 atom stereocenters. The molecule has 1 heterocycles. The predicted octanol–water partition coefficient (Wildman–Crippen LogP) is 4.84. The monoisotopic (exact) mass is 457 g/mol. The van der Waals surface area contributed by atoms with Gasteiger partial charge in [-0.2, -0.15) is 13.2 Å². The highest BCUT2D eigenvalue weighted by atomic mass is 32.2. The second kappa shape index (κ2) is 8.26. The van der Waals surface area contributed by atoms with Crippen LogP contribution in [0.15, 0.2) is 53.4 Å². The number of hydrogen-bond donors (Lipinski definition) is 0. The van der Waals surface area contributed by atoms with Gasteiger partial charge < -0.3 is 4.90 Å². The maximum atomic E-state index is 13.9. The number of benzene rings is 2. The first-order valence-electron chi connectivity index (χ1n) is 9.77. The Morgan fingerprint density at radius 2 is 1.74 bits per heavy atom. The molecular formula is C22H23F4NO3S. The molecule has 31 heavy (non-hydrogen) atoms. The molecule has 0 aliphatic carbocycles. The maximum Gasteiger partial charge on any atom is 0.416 e. The summed E-state index contributed by atoms with van der Waals surface area (Å²) in [5, 5.41) is 0. The third-order valence-corrected chi connectivity index (χ3v) is 8.58. The molecule has 0 N–H and O–H groups in total. The summed E-state index contributed by atoms with van der Waals surface area (Å²) in [7, 11) is -4.16. The number of amides is 1. The Balaban J connectivity index is 1.80. The SMILES string of the molecule is CC(C)(C1CCN(Cc2ccccc2F)C(=O)C1)S(=O)(=O)c1cccc(C(F)(F)F)c1. The van der Waals surface area contributed by atoms with Gasteiger partial charge in [-0.25, -0.2) is 12.8 Å². The predicted molar refractivity (Wildman–Crippen MR) is 107 cm³/mol. The zero-order valence-electron chi connectivity index (χ0n) is 17.1. The minimum Gasteiger partial charge on any atom is -0.338 e. The smallest absolute Gasteiger partial charge is 0.338 e. The van der Waals surface area contributed by atoms with Crippen molar-refractivity contribution in [2.24, 2.45) is 5.92 Å². The van der Waals surface area contributed by atoms with Crippen molar-refractivity contribution < 1.29 is 30.8 Å². The molecule has 1 fully saturated rings. The van der Waals surface area contributed by atoms with Gasteiger partial charge in [-0.05, 0) is 50.5 Å². The van der Waals surface area contributed by atoms with Crippen molar-refractivity contribution in [1.82, 2.24) is 4.90 Å². The normalized spacial score (nSPS) is 18.3. The van der Waals surface area contributed by atoms with Gasteiger partial charge in [-0.15, -0.1) is 0 Å². The fourth-order valence-electron chi connectivity index (χ4n) is 3.83.